The molecule has 4 rings (SSSR count). The second-order valence-corrected chi connectivity index (χ2v) is 8.37. The lowest BCUT2D eigenvalue weighted by atomic mass is 10.0. The van der Waals surface area contributed by atoms with Crippen molar-refractivity contribution in [3.63, 3.8) is 0 Å². The van der Waals surface area contributed by atoms with Gasteiger partial charge >= 0.3 is 6.18 Å². The van der Waals surface area contributed by atoms with Crippen molar-refractivity contribution < 1.29 is 22.4 Å². The van der Waals surface area contributed by atoms with Crippen LogP contribution < -0.4 is 11.1 Å². The van der Waals surface area contributed by atoms with Crippen LogP contribution in [0.5, 0.6) is 0 Å². The Kier molecular flexibility index (Phi) is 6.47. The Morgan fingerprint density at radius 3 is 2.51 bits per heavy atom. The Hall–Kier alpha value is -3.95. The number of nitrogens with one attached hydrogen (secondary N) is 1. The zero-order chi connectivity index (χ0) is 25.3. The predicted octanol–water partition coefficient (Wildman–Crippen LogP) is 5.21. The molecule has 0 bridgehead atoms. The summed E-state index contributed by atoms with van der Waals surface area (Å²) in [6, 6.07) is 11.6. The van der Waals surface area contributed by atoms with Crippen LogP contribution in [-0.4, -0.2) is 33.2 Å². The maximum Gasteiger partial charge on any atom is 0.390 e. The summed E-state index contributed by atoms with van der Waals surface area (Å²) in [5.41, 5.74) is 10.1. The van der Waals surface area contributed by atoms with Gasteiger partial charge in [0.25, 0.3) is 0 Å². The van der Waals surface area contributed by atoms with Crippen LogP contribution in [0.2, 0.25) is 0 Å². The van der Waals surface area contributed by atoms with Gasteiger partial charge in [-0.25, -0.2) is 13.9 Å². The highest BCUT2D eigenvalue weighted by Crippen LogP contribution is 2.28. The molecule has 0 radical (unpaired) electrons. The molecule has 35 heavy (non-hydrogen) atoms. The van der Waals surface area contributed by atoms with Gasteiger partial charge < -0.3 is 11.1 Å². The van der Waals surface area contributed by atoms with Crippen LogP contribution in [0.4, 0.5) is 23.2 Å². The van der Waals surface area contributed by atoms with Gasteiger partial charge in [0.1, 0.15) is 5.82 Å². The smallest absolute Gasteiger partial charge is 0.382 e. The highest BCUT2D eigenvalue weighted by Gasteiger charge is 2.26. The number of halogens is 4. The van der Waals surface area contributed by atoms with Crippen molar-refractivity contribution in [1.29, 1.82) is 0 Å². The average molecular weight is 485 g/mol. The molecule has 2 aromatic carbocycles. The van der Waals surface area contributed by atoms with E-state index in [-0.39, 0.29) is 18.8 Å². The van der Waals surface area contributed by atoms with E-state index in [1.807, 2.05) is 0 Å². The third-order valence-corrected chi connectivity index (χ3v) is 5.65. The standard InChI is InChI=1S/C25H23F4N5O/c1-14-3-4-16(11-20(14)26)10-18-12-21(31-8-7-25(27,28)29)24-32-13-22(34(24)33-18)17-5-6-19(23(30)35)15(2)9-17/h3-6,9,11-13,31H,7-8,10H2,1-2H3,(H2,30,35). The fourth-order valence-electron chi connectivity index (χ4n) is 3.83. The first-order valence-corrected chi connectivity index (χ1v) is 10.9. The van der Waals surface area contributed by atoms with Gasteiger partial charge in [0.2, 0.25) is 5.91 Å². The van der Waals surface area contributed by atoms with Gasteiger partial charge in [0, 0.05) is 24.1 Å². The summed E-state index contributed by atoms with van der Waals surface area (Å²) in [5.74, 6) is -0.894. The van der Waals surface area contributed by atoms with Crippen LogP contribution in [0.1, 0.15) is 39.2 Å². The SMILES string of the molecule is Cc1ccc(Cc2cc(NCCC(F)(F)F)c3ncc(-c4ccc(C(N)=O)c(C)c4)n3n2)cc1F. The number of carbonyl (C=O) groups excluding carboxylic acids is 1. The number of anilines is 1. The minimum atomic E-state index is -4.31. The number of primary amides is 1. The monoisotopic (exact) mass is 485 g/mol. The van der Waals surface area contributed by atoms with Crippen molar-refractivity contribution in [1.82, 2.24) is 14.6 Å². The summed E-state index contributed by atoms with van der Waals surface area (Å²) in [6.07, 6.45) is -3.50. The van der Waals surface area contributed by atoms with Gasteiger partial charge in [-0.15, -0.1) is 0 Å². The van der Waals surface area contributed by atoms with Crippen molar-refractivity contribution in [2.24, 2.45) is 5.73 Å². The summed E-state index contributed by atoms with van der Waals surface area (Å²) >= 11 is 0. The number of fused-ring (bicyclic) bond motifs is 1. The zero-order valence-corrected chi connectivity index (χ0v) is 19.1. The molecular weight excluding hydrogens is 462 g/mol. The van der Waals surface area contributed by atoms with Crippen molar-refractivity contribution in [3.8, 4) is 11.3 Å². The summed E-state index contributed by atoms with van der Waals surface area (Å²) in [6.45, 7) is 3.08. The number of imidazole rings is 1. The molecule has 0 atom stereocenters. The molecule has 0 aliphatic carbocycles. The third kappa shape index (κ3) is 5.42. The molecule has 182 valence electrons. The lowest BCUT2D eigenvalue weighted by molar-refractivity contribution is -0.131. The average Bonchev–Trinajstić information content (AvgIpc) is 3.19. The zero-order valence-electron chi connectivity index (χ0n) is 19.1. The molecule has 0 aliphatic rings. The molecule has 1 amide bonds. The van der Waals surface area contributed by atoms with E-state index in [9.17, 15) is 22.4 Å². The number of nitrogens with two attached hydrogens (primary N) is 1. The molecule has 6 nitrogen and oxygen atoms in total. The Bertz CT molecular complexity index is 1410. The predicted molar refractivity (Wildman–Crippen MR) is 125 cm³/mol. The fraction of sp³-hybridized carbons (Fsp3) is 0.240. The number of aryl methyl sites for hydroxylation is 2. The summed E-state index contributed by atoms with van der Waals surface area (Å²) in [7, 11) is 0. The van der Waals surface area contributed by atoms with Gasteiger partial charge in [-0.05, 0) is 54.8 Å². The molecule has 0 saturated carbocycles. The van der Waals surface area contributed by atoms with Crippen molar-refractivity contribution >= 4 is 17.2 Å². The maximum atomic E-state index is 14.1. The molecular formula is C25H23F4N5O. The largest absolute Gasteiger partial charge is 0.390 e. The van der Waals surface area contributed by atoms with E-state index in [4.69, 9.17) is 5.73 Å². The van der Waals surface area contributed by atoms with E-state index in [0.717, 1.165) is 0 Å². The number of aromatic nitrogens is 3. The van der Waals surface area contributed by atoms with E-state index >= 15 is 0 Å². The first-order valence-electron chi connectivity index (χ1n) is 10.9. The number of amides is 1. The Balaban J connectivity index is 1.78. The molecule has 0 aliphatic heterocycles. The minimum absolute atomic E-state index is 0.262. The number of carbonyl (C=O) groups is 1. The highest BCUT2D eigenvalue weighted by atomic mass is 19.4. The van der Waals surface area contributed by atoms with Gasteiger partial charge in [0.05, 0.1) is 29.7 Å². The van der Waals surface area contributed by atoms with E-state index in [1.54, 1.807) is 56.4 Å². The number of alkyl halides is 3. The molecule has 4 aromatic rings. The quantitative estimate of drug-likeness (QED) is 0.352. The molecule has 0 fully saturated rings. The Morgan fingerprint density at radius 2 is 1.86 bits per heavy atom. The van der Waals surface area contributed by atoms with Crippen LogP contribution in [0.25, 0.3) is 16.9 Å². The second kappa shape index (κ2) is 9.36. The normalized spacial score (nSPS) is 11.7. The number of hydrogen-bond donors (Lipinski definition) is 2. The van der Waals surface area contributed by atoms with E-state index in [1.165, 1.54) is 10.6 Å². The lowest BCUT2D eigenvalue weighted by Gasteiger charge is -2.13. The van der Waals surface area contributed by atoms with Gasteiger partial charge in [-0.3, -0.25) is 4.79 Å². The Labute approximate surface area is 198 Å². The molecule has 0 unspecified atom stereocenters. The van der Waals surface area contributed by atoms with Crippen molar-refractivity contribution in [2.45, 2.75) is 32.9 Å². The van der Waals surface area contributed by atoms with Crippen LogP contribution in [-0.2, 0) is 6.42 Å². The molecule has 0 saturated heterocycles. The summed E-state index contributed by atoms with van der Waals surface area (Å²) < 4.78 is 53.8. The molecule has 3 N–H and O–H groups in total. The lowest BCUT2D eigenvalue weighted by Crippen LogP contribution is -2.15. The van der Waals surface area contributed by atoms with Crippen molar-refractivity contribution in [3.05, 3.63) is 82.4 Å². The maximum absolute atomic E-state index is 14.1. The number of nitrogens with zero attached hydrogens (tertiary/aromatic N) is 3. The molecule has 10 heteroatoms. The topological polar surface area (TPSA) is 85.3 Å². The van der Waals surface area contributed by atoms with Gasteiger partial charge in [-0.1, -0.05) is 18.2 Å². The van der Waals surface area contributed by atoms with Crippen LogP contribution >= 0.6 is 0 Å². The van der Waals surface area contributed by atoms with Crippen LogP contribution in [0.3, 0.4) is 0 Å². The van der Waals surface area contributed by atoms with E-state index in [2.05, 4.69) is 15.4 Å². The van der Waals surface area contributed by atoms with Crippen LogP contribution in [0.15, 0.2) is 48.7 Å². The first kappa shape index (κ1) is 24.2. The van der Waals surface area contributed by atoms with E-state index < -0.39 is 18.5 Å². The summed E-state index contributed by atoms with van der Waals surface area (Å²) in [5, 5.41) is 7.45. The molecule has 2 heterocycles. The number of benzene rings is 2. The Morgan fingerprint density at radius 1 is 1.09 bits per heavy atom. The fourth-order valence-corrected chi connectivity index (χ4v) is 3.83. The second-order valence-electron chi connectivity index (χ2n) is 8.37. The van der Waals surface area contributed by atoms with Crippen molar-refractivity contribution in [2.75, 3.05) is 11.9 Å². The first-order chi connectivity index (χ1) is 16.5. The third-order valence-electron chi connectivity index (χ3n) is 5.65. The molecule has 2 aromatic heterocycles. The number of hydrogen-bond acceptors (Lipinski definition) is 4. The van der Waals surface area contributed by atoms with Crippen LogP contribution in [0, 0.1) is 19.7 Å². The number of rotatable bonds is 7. The van der Waals surface area contributed by atoms with E-state index in [0.29, 0.717) is 50.5 Å². The minimum Gasteiger partial charge on any atom is -0.382 e. The van der Waals surface area contributed by atoms with Gasteiger partial charge in [-0.2, -0.15) is 18.3 Å². The van der Waals surface area contributed by atoms with Gasteiger partial charge in [0.15, 0.2) is 5.65 Å². The highest BCUT2D eigenvalue weighted by molar-refractivity contribution is 5.94. The molecule has 0 spiro atoms. The summed E-state index contributed by atoms with van der Waals surface area (Å²) in [4.78, 5) is 16.0.